The summed E-state index contributed by atoms with van der Waals surface area (Å²) in [5.74, 6) is 0.529. The Morgan fingerprint density at radius 1 is 1.07 bits per heavy atom. The van der Waals surface area contributed by atoms with E-state index in [1.807, 2.05) is 69.3 Å². The number of rotatable bonds is 8. The number of nitrogens with zero attached hydrogens (tertiary/aromatic N) is 3. The van der Waals surface area contributed by atoms with Gasteiger partial charge in [0.05, 0.1) is 21.8 Å². The second kappa shape index (κ2) is 12.8. The summed E-state index contributed by atoms with van der Waals surface area (Å²) in [5, 5.41) is 0.580. The van der Waals surface area contributed by atoms with Crippen LogP contribution in [-0.2, 0) is 11.4 Å². The van der Waals surface area contributed by atoms with Gasteiger partial charge in [0.25, 0.3) is 11.5 Å². The molecule has 1 amide bonds. The van der Waals surface area contributed by atoms with Crippen LogP contribution < -0.4 is 19.6 Å². The fourth-order valence-electron chi connectivity index (χ4n) is 4.99. The first-order valence-electron chi connectivity index (χ1n) is 13.7. The van der Waals surface area contributed by atoms with Gasteiger partial charge < -0.3 is 9.64 Å². The van der Waals surface area contributed by atoms with Crippen LogP contribution in [0.1, 0.15) is 49.1 Å². The molecule has 3 aromatic carbocycles. The molecule has 0 radical (unpaired) electrons. The topological polar surface area (TPSA) is 63.9 Å². The van der Waals surface area contributed by atoms with Crippen LogP contribution in [0.3, 0.4) is 0 Å². The molecular weight excluding hydrogens is 634 g/mol. The third-order valence-corrected chi connectivity index (χ3v) is 8.99. The van der Waals surface area contributed by atoms with Gasteiger partial charge in [-0.15, -0.1) is 0 Å². The third-order valence-electron chi connectivity index (χ3n) is 7.26. The molecule has 1 atom stereocenters. The molecule has 6 nitrogen and oxygen atoms in total. The fourth-order valence-corrected chi connectivity index (χ4v) is 6.53. The fraction of sp³-hybridized carbons (Fsp3) is 0.242. The molecule has 0 saturated carbocycles. The van der Waals surface area contributed by atoms with Crippen molar-refractivity contribution in [2.45, 2.75) is 40.3 Å². The SMILES string of the molecule is CCN(CC)C(=O)C1=C(C)N=c2s/c(=C/c3cc(Br)ccc3OCc3ccc(C)cc3)c(=O)n2[C@H]1c1ccc(Cl)cc1. The Morgan fingerprint density at radius 2 is 1.76 bits per heavy atom. The molecular formula is C33H31BrClN3O3S. The van der Waals surface area contributed by atoms with Crippen molar-refractivity contribution in [3.05, 3.63) is 129 Å². The third kappa shape index (κ3) is 6.16. The summed E-state index contributed by atoms with van der Waals surface area (Å²) >= 11 is 11.1. The van der Waals surface area contributed by atoms with E-state index in [2.05, 4.69) is 35.0 Å². The van der Waals surface area contributed by atoms with Gasteiger partial charge in [-0.25, -0.2) is 4.99 Å². The number of aryl methyl sites for hydroxylation is 1. The lowest BCUT2D eigenvalue weighted by atomic mass is 9.94. The van der Waals surface area contributed by atoms with Crippen molar-refractivity contribution in [1.82, 2.24) is 9.47 Å². The molecule has 216 valence electrons. The van der Waals surface area contributed by atoms with Gasteiger partial charge in [0.2, 0.25) is 0 Å². The number of ether oxygens (including phenoxy) is 1. The number of halogens is 2. The van der Waals surface area contributed by atoms with Crippen LogP contribution in [0.4, 0.5) is 0 Å². The summed E-state index contributed by atoms with van der Waals surface area (Å²) < 4.78 is 9.20. The smallest absolute Gasteiger partial charge is 0.271 e. The Balaban J connectivity index is 1.62. The van der Waals surface area contributed by atoms with Crippen LogP contribution in [-0.4, -0.2) is 28.5 Å². The van der Waals surface area contributed by atoms with Gasteiger partial charge in [-0.2, -0.15) is 0 Å². The first-order valence-corrected chi connectivity index (χ1v) is 15.7. The number of hydrogen-bond acceptors (Lipinski definition) is 5. The van der Waals surface area contributed by atoms with E-state index in [0.717, 1.165) is 21.2 Å². The van der Waals surface area contributed by atoms with Crippen LogP contribution in [0, 0.1) is 6.92 Å². The summed E-state index contributed by atoms with van der Waals surface area (Å²) in [4.78, 5) is 34.9. The van der Waals surface area contributed by atoms with Gasteiger partial charge in [0.15, 0.2) is 4.80 Å². The number of hydrogen-bond donors (Lipinski definition) is 0. The van der Waals surface area contributed by atoms with E-state index < -0.39 is 6.04 Å². The van der Waals surface area contributed by atoms with Crippen molar-refractivity contribution in [2.75, 3.05) is 13.1 Å². The standard InChI is InChI=1S/C33H31BrClN3O3S/c1-5-37(6-2)32(40)29-21(4)36-33-38(30(29)23-11-14-26(35)15-12-23)31(39)28(42-33)18-24-17-25(34)13-16-27(24)41-19-22-9-7-20(3)8-10-22/h7-18,30H,5-6,19H2,1-4H3/b28-18+/t30-/m0/s1. The zero-order chi connectivity index (χ0) is 30.0. The molecule has 42 heavy (non-hydrogen) atoms. The molecule has 0 saturated heterocycles. The minimum absolute atomic E-state index is 0.130. The lowest BCUT2D eigenvalue weighted by Gasteiger charge is -2.29. The van der Waals surface area contributed by atoms with E-state index in [9.17, 15) is 9.59 Å². The molecule has 1 aliphatic rings. The molecule has 0 fully saturated rings. The quantitative estimate of drug-likeness (QED) is 0.219. The Bertz CT molecular complexity index is 1840. The van der Waals surface area contributed by atoms with Crippen molar-refractivity contribution < 1.29 is 9.53 Å². The summed E-state index contributed by atoms with van der Waals surface area (Å²) in [6.07, 6.45) is 1.84. The Morgan fingerprint density at radius 3 is 2.43 bits per heavy atom. The number of thiazole rings is 1. The predicted octanol–water partition coefficient (Wildman–Crippen LogP) is 6.41. The van der Waals surface area contributed by atoms with Crippen LogP contribution >= 0.6 is 38.9 Å². The lowest BCUT2D eigenvalue weighted by Crippen LogP contribution is -2.43. The lowest BCUT2D eigenvalue weighted by molar-refractivity contribution is -0.127. The van der Waals surface area contributed by atoms with Crippen LogP contribution in [0.25, 0.3) is 6.08 Å². The average molecular weight is 665 g/mol. The highest BCUT2D eigenvalue weighted by molar-refractivity contribution is 9.10. The molecule has 0 unspecified atom stereocenters. The Kier molecular flexibility index (Phi) is 9.16. The Labute approximate surface area is 262 Å². The van der Waals surface area contributed by atoms with Crippen molar-refractivity contribution in [3.63, 3.8) is 0 Å². The zero-order valence-corrected chi connectivity index (χ0v) is 27.0. The maximum absolute atomic E-state index is 14.1. The number of likely N-dealkylation sites (N-methyl/N-ethyl adjacent to an activating group) is 1. The largest absolute Gasteiger partial charge is 0.488 e. The van der Waals surface area contributed by atoms with Crippen molar-refractivity contribution in [3.8, 4) is 5.75 Å². The van der Waals surface area contributed by atoms with Gasteiger partial charge >= 0.3 is 0 Å². The zero-order valence-electron chi connectivity index (χ0n) is 23.9. The predicted molar refractivity (Wildman–Crippen MR) is 173 cm³/mol. The number of amides is 1. The van der Waals surface area contributed by atoms with Crippen LogP contribution in [0.5, 0.6) is 5.75 Å². The molecule has 5 rings (SSSR count). The number of carbonyl (C=O) groups excluding carboxylic acids is 1. The molecule has 0 spiro atoms. The number of fused-ring (bicyclic) bond motifs is 1. The van der Waals surface area contributed by atoms with Crippen LogP contribution in [0.2, 0.25) is 5.02 Å². The molecule has 0 aliphatic carbocycles. The van der Waals surface area contributed by atoms with Gasteiger partial charge in [-0.3, -0.25) is 14.2 Å². The monoisotopic (exact) mass is 663 g/mol. The van der Waals surface area contributed by atoms with E-state index in [1.165, 1.54) is 16.9 Å². The van der Waals surface area contributed by atoms with Gasteiger partial charge in [0.1, 0.15) is 12.4 Å². The van der Waals surface area contributed by atoms with E-state index in [0.29, 0.717) is 51.1 Å². The average Bonchev–Trinajstić information content (AvgIpc) is 3.27. The molecule has 4 aromatic rings. The highest BCUT2D eigenvalue weighted by Crippen LogP contribution is 2.32. The van der Waals surface area contributed by atoms with E-state index >= 15 is 0 Å². The molecule has 0 N–H and O–H groups in total. The number of aromatic nitrogens is 1. The summed E-state index contributed by atoms with van der Waals surface area (Å²) in [7, 11) is 0. The second-order valence-corrected chi connectivity index (χ2v) is 12.4. The summed E-state index contributed by atoms with van der Waals surface area (Å²) in [6, 6.07) is 20.6. The highest BCUT2D eigenvalue weighted by atomic mass is 79.9. The summed E-state index contributed by atoms with van der Waals surface area (Å²) in [5.41, 5.74) is 4.67. The van der Waals surface area contributed by atoms with Gasteiger partial charge in [-0.05, 0) is 75.2 Å². The highest BCUT2D eigenvalue weighted by Gasteiger charge is 2.34. The van der Waals surface area contributed by atoms with Crippen molar-refractivity contribution in [2.24, 2.45) is 4.99 Å². The minimum Gasteiger partial charge on any atom is -0.488 e. The van der Waals surface area contributed by atoms with E-state index in [-0.39, 0.29) is 11.5 Å². The van der Waals surface area contributed by atoms with Crippen molar-refractivity contribution >= 4 is 50.9 Å². The number of allylic oxidation sites excluding steroid dienone is 1. The van der Waals surface area contributed by atoms with Gasteiger partial charge in [-0.1, -0.05) is 80.8 Å². The van der Waals surface area contributed by atoms with E-state index in [4.69, 9.17) is 21.3 Å². The number of carbonyl (C=O) groups is 1. The first-order chi connectivity index (χ1) is 20.2. The van der Waals surface area contributed by atoms with Crippen molar-refractivity contribution in [1.29, 1.82) is 0 Å². The molecule has 1 aromatic heterocycles. The first kappa shape index (κ1) is 30.0. The number of benzene rings is 3. The molecule has 2 heterocycles. The second-order valence-electron chi connectivity index (χ2n) is 10.1. The summed E-state index contributed by atoms with van der Waals surface area (Å²) in [6.45, 7) is 9.28. The molecule has 0 bridgehead atoms. The normalized spacial score (nSPS) is 14.9. The van der Waals surface area contributed by atoms with Gasteiger partial charge in [0, 0.05) is 28.1 Å². The van der Waals surface area contributed by atoms with E-state index in [1.54, 1.807) is 21.6 Å². The minimum atomic E-state index is -0.631. The molecule has 9 heteroatoms. The maximum Gasteiger partial charge on any atom is 0.271 e. The molecule has 1 aliphatic heterocycles. The Hall–Kier alpha value is -3.46. The van der Waals surface area contributed by atoms with Crippen LogP contribution in [0.15, 0.2) is 92.3 Å². The maximum atomic E-state index is 14.1.